The zero-order valence-corrected chi connectivity index (χ0v) is 16.9. The smallest absolute Gasteiger partial charge is 0.239 e. The molecule has 1 aliphatic rings. The molecule has 0 aliphatic carbocycles. The van der Waals surface area contributed by atoms with E-state index in [1.165, 1.54) is 6.42 Å². The topological polar surface area (TPSA) is 54.3 Å². The third-order valence-electron chi connectivity index (χ3n) is 5.33. The lowest BCUT2D eigenvalue weighted by Crippen LogP contribution is -2.40. The first-order valence-electron chi connectivity index (χ1n) is 10.3. The molecule has 1 aromatic heterocycles. The number of carbonyl (C=O) groups excluding carboxylic acids is 2. The van der Waals surface area contributed by atoms with Gasteiger partial charge in [0.1, 0.15) is 6.54 Å². The summed E-state index contributed by atoms with van der Waals surface area (Å²) in [5, 5.41) is 2.99. The molecule has 0 bridgehead atoms. The molecule has 2 aromatic rings. The van der Waals surface area contributed by atoms with E-state index < -0.39 is 0 Å². The van der Waals surface area contributed by atoms with Crippen LogP contribution in [0.1, 0.15) is 42.7 Å². The first kappa shape index (κ1) is 20.3. The van der Waals surface area contributed by atoms with Gasteiger partial charge in [0.25, 0.3) is 0 Å². The summed E-state index contributed by atoms with van der Waals surface area (Å²) in [6, 6.07) is 12.7. The van der Waals surface area contributed by atoms with Crippen molar-refractivity contribution in [2.24, 2.45) is 11.8 Å². The van der Waals surface area contributed by atoms with E-state index in [2.05, 4.69) is 24.1 Å². The molecule has 5 heteroatoms. The Morgan fingerprint density at radius 3 is 2.46 bits per heavy atom. The minimum Gasteiger partial charge on any atom is -0.355 e. The number of piperidine rings is 1. The van der Waals surface area contributed by atoms with Crippen LogP contribution < -0.4 is 5.32 Å². The van der Waals surface area contributed by atoms with Gasteiger partial charge in [-0.1, -0.05) is 44.2 Å². The number of rotatable bonds is 8. The van der Waals surface area contributed by atoms with Crippen LogP contribution >= 0.6 is 0 Å². The van der Waals surface area contributed by atoms with Gasteiger partial charge in [-0.15, -0.1) is 0 Å². The molecule has 0 unspecified atom stereocenters. The van der Waals surface area contributed by atoms with Gasteiger partial charge in [0.15, 0.2) is 0 Å². The summed E-state index contributed by atoms with van der Waals surface area (Å²) in [6.45, 7) is 8.81. The molecule has 1 fully saturated rings. The predicted molar refractivity (Wildman–Crippen MR) is 111 cm³/mol. The molecule has 1 amide bonds. The second-order valence-corrected chi connectivity index (χ2v) is 8.13. The Balaban J connectivity index is 1.44. The average molecular weight is 382 g/mol. The van der Waals surface area contributed by atoms with Gasteiger partial charge in [0.2, 0.25) is 11.7 Å². The van der Waals surface area contributed by atoms with Crippen LogP contribution in [0.2, 0.25) is 0 Å². The number of hydrogen-bond acceptors (Lipinski definition) is 3. The van der Waals surface area contributed by atoms with Crippen molar-refractivity contribution in [2.45, 2.75) is 33.2 Å². The molecule has 1 N–H and O–H groups in total. The van der Waals surface area contributed by atoms with Crippen LogP contribution in [0.4, 0.5) is 0 Å². The van der Waals surface area contributed by atoms with Crippen molar-refractivity contribution >= 4 is 11.7 Å². The van der Waals surface area contributed by atoms with Crippen molar-refractivity contribution in [3.63, 3.8) is 0 Å². The number of aromatic nitrogens is 1. The van der Waals surface area contributed by atoms with Crippen LogP contribution in [0.15, 0.2) is 48.7 Å². The molecule has 0 radical (unpaired) electrons. The maximum absolute atomic E-state index is 12.6. The Hall–Kier alpha value is -2.40. The summed E-state index contributed by atoms with van der Waals surface area (Å²) < 4.78 is 1.72. The van der Waals surface area contributed by atoms with Gasteiger partial charge in [-0.05, 0) is 43.4 Å². The second-order valence-electron chi connectivity index (χ2n) is 8.13. The monoisotopic (exact) mass is 381 g/mol. The SMILES string of the molecule is C[C@@H]1C[C@@H](C)CN(CCCNC(=O)Cn2cccc2C(=O)c2ccccc2)C1. The van der Waals surface area contributed by atoms with Gasteiger partial charge in [-0.3, -0.25) is 9.59 Å². The summed E-state index contributed by atoms with van der Waals surface area (Å²) in [4.78, 5) is 27.5. The predicted octanol–water partition coefficient (Wildman–Crippen LogP) is 3.20. The number of carbonyl (C=O) groups is 2. The van der Waals surface area contributed by atoms with Crippen molar-refractivity contribution in [1.29, 1.82) is 0 Å². The van der Waals surface area contributed by atoms with Crippen molar-refractivity contribution in [2.75, 3.05) is 26.2 Å². The van der Waals surface area contributed by atoms with E-state index in [0.29, 0.717) is 17.8 Å². The maximum atomic E-state index is 12.6. The van der Waals surface area contributed by atoms with Crippen molar-refractivity contribution in [3.05, 3.63) is 59.9 Å². The van der Waals surface area contributed by atoms with E-state index in [4.69, 9.17) is 0 Å². The largest absolute Gasteiger partial charge is 0.355 e. The highest BCUT2D eigenvalue weighted by Gasteiger charge is 2.21. The Bertz CT molecular complexity index is 774. The number of amides is 1. The van der Waals surface area contributed by atoms with Crippen LogP contribution in [0.25, 0.3) is 0 Å². The van der Waals surface area contributed by atoms with E-state index in [1.54, 1.807) is 29.0 Å². The van der Waals surface area contributed by atoms with E-state index in [0.717, 1.165) is 37.9 Å². The molecule has 5 nitrogen and oxygen atoms in total. The molecule has 0 spiro atoms. The fourth-order valence-corrected chi connectivity index (χ4v) is 4.21. The van der Waals surface area contributed by atoms with Crippen molar-refractivity contribution in [1.82, 2.24) is 14.8 Å². The summed E-state index contributed by atoms with van der Waals surface area (Å²) in [7, 11) is 0. The number of hydrogen-bond donors (Lipinski definition) is 1. The van der Waals surface area contributed by atoms with Crippen LogP contribution in [0.5, 0.6) is 0 Å². The Labute approximate surface area is 167 Å². The van der Waals surface area contributed by atoms with E-state index in [-0.39, 0.29) is 18.2 Å². The zero-order chi connectivity index (χ0) is 19.9. The van der Waals surface area contributed by atoms with Crippen LogP contribution in [-0.4, -0.2) is 47.3 Å². The molecule has 1 saturated heterocycles. The minimum absolute atomic E-state index is 0.0568. The quantitative estimate of drug-likeness (QED) is 0.564. The van der Waals surface area contributed by atoms with Crippen LogP contribution in [0, 0.1) is 11.8 Å². The van der Waals surface area contributed by atoms with Gasteiger partial charge in [-0.2, -0.15) is 0 Å². The number of nitrogens with one attached hydrogen (secondary N) is 1. The molecule has 2 atom stereocenters. The highest BCUT2D eigenvalue weighted by atomic mass is 16.2. The third-order valence-corrected chi connectivity index (χ3v) is 5.33. The average Bonchev–Trinajstić information content (AvgIpc) is 3.12. The van der Waals surface area contributed by atoms with Crippen LogP contribution in [-0.2, 0) is 11.3 Å². The molecule has 1 aliphatic heterocycles. The molecule has 150 valence electrons. The first-order chi connectivity index (χ1) is 13.5. The summed E-state index contributed by atoms with van der Waals surface area (Å²) in [6.07, 6.45) is 4.05. The van der Waals surface area contributed by atoms with Crippen molar-refractivity contribution in [3.8, 4) is 0 Å². The minimum atomic E-state index is -0.0632. The highest BCUT2D eigenvalue weighted by Crippen LogP contribution is 2.20. The first-order valence-corrected chi connectivity index (χ1v) is 10.3. The van der Waals surface area contributed by atoms with Gasteiger partial charge in [0, 0.05) is 31.4 Å². The normalized spacial score (nSPS) is 20.1. The molecular formula is C23H31N3O2. The molecule has 3 rings (SSSR count). The second kappa shape index (κ2) is 9.69. The Kier molecular flexibility index (Phi) is 7.04. The highest BCUT2D eigenvalue weighted by molar-refractivity contribution is 6.08. The number of nitrogens with zero attached hydrogens (tertiary/aromatic N) is 2. The molecule has 28 heavy (non-hydrogen) atoms. The molecule has 0 saturated carbocycles. The fraction of sp³-hybridized carbons (Fsp3) is 0.478. The van der Waals surface area contributed by atoms with E-state index in [1.807, 2.05) is 24.3 Å². The lowest BCUT2D eigenvalue weighted by molar-refractivity contribution is -0.121. The lowest BCUT2D eigenvalue weighted by atomic mass is 9.92. The summed E-state index contributed by atoms with van der Waals surface area (Å²) in [5.74, 6) is 1.39. The number of likely N-dealkylation sites (tertiary alicyclic amines) is 1. The fourth-order valence-electron chi connectivity index (χ4n) is 4.21. The Morgan fingerprint density at radius 1 is 1.04 bits per heavy atom. The third kappa shape index (κ3) is 5.55. The Morgan fingerprint density at radius 2 is 1.75 bits per heavy atom. The van der Waals surface area contributed by atoms with Gasteiger partial charge >= 0.3 is 0 Å². The van der Waals surface area contributed by atoms with Gasteiger partial charge in [-0.25, -0.2) is 0 Å². The number of ketones is 1. The van der Waals surface area contributed by atoms with Crippen molar-refractivity contribution < 1.29 is 9.59 Å². The lowest BCUT2D eigenvalue weighted by Gasteiger charge is -2.34. The summed E-state index contributed by atoms with van der Waals surface area (Å²) >= 11 is 0. The maximum Gasteiger partial charge on any atom is 0.239 e. The van der Waals surface area contributed by atoms with E-state index in [9.17, 15) is 9.59 Å². The van der Waals surface area contributed by atoms with E-state index >= 15 is 0 Å². The number of benzene rings is 1. The van der Waals surface area contributed by atoms with Gasteiger partial charge in [0.05, 0.1) is 5.69 Å². The molecular weight excluding hydrogens is 350 g/mol. The standard InChI is InChI=1S/C23H31N3O2/c1-18-14-19(2)16-25(15-18)12-7-11-24-22(27)17-26-13-6-10-21(26)23(28)20-8-4-3-5-9-20/h3-6,8-10,13,18-19H,7,11-12,14-17H2,1-2H3,(H,24,27)/t18-,19-/m1/s1. The summed E-state index contributed by atoms with van der Waals surface area (Å²) in [5.41, 5.74) is 1.17. The molecule has 1 aromatic carbocycles. The van der Waals surface area contributed by atoms with Crippen LogP contribution in [0.3, 0.4) is 0 Å². The molecule has 2 heterocycles. The van der Waals surface area contributed by atoms with Gasteiger partial charge < -0.3 is 14.8 Å². The zero-order valence-electron chi connectivity index (χ0n) is 16.9.